The first-order valence-corrected chi connectivity index (χ1v) is 8.26. The van der Waals surface area contributed by atoms with Crippen molar-refractivity contribution in [2.45, 2.75) is 18.9 Å². The van der Waals surface area contributed by atoms with Gasteiger partial charge >= 0.3 is 6.03 Å². The monoisotopic (exact) mass is 337 g/mol. The van der Waals surface area contributed by atoms with Gasteiger partial charge in [-0.2, -0.15) is 10.2 Å². The quantitative estimate of drug-likeness (QED) is 0.768. The lowest BCUT2D eigenvalue weighted by Gasteiger charge is -2.22. The van der Waals surface area contributed by atoms with Crippen molar-refractivity contribution in [1.82, 2.24) is 29.9 Å². The number of H-pyrrole nitrogens is 1. The maximum atomic E-state index is 12.6. The molecule has 0 saturated carbocycles. The summed E-state index contributed by atoms with van der Waals surface area (Å²) in [5.74, 6) is 1.90. The molecular formula is C17H19N7O. The number of benzene rings is 1. The number of nitrogens with one attached hydrogen (secondary N) is 2. The zero-order chi connectivity index (χ0) is 17.2. The van der Waals surface area contributed by atoms with Crippen molar-refractivity contribution < 1.29 is 4.79 Å². The lowest BCUT2D eigenvalue weighted by atomic mass is 10.2. The Morgan fingerprint density at radius 3 is 2.88 bits per heavy atom. The van der Waals surface area contributed by atoms with Crippen LogP contribution in [0, 0.1) is 0 Å². The third kappa shape index (κ3) is 3.10. The molecular weight excluding hydrogens is 318 g/mol. The first-order chi connectivity index (χ1) is 12.2. The van der Waals surface area contributed by atoms with Gasteiger partial charge < -0.3 is 4.90 Å². The van der Waals surface area contributed by atoms with Crippen molar-refractivity contribution in [2.75, 3.05) is 11.9 Å². The largest absolute Gasteiger partial charge is 0.323 e. The van der Waals surface area contributed by atoms with Gasteiger partial charge in [-0.25, -0.2) is 9.78 Å². The van der Waals surface area contributed by atoms with E-state index in [-0.39, 0.29) is 12.1 Å². The summed E-state index contributed by atoms with van der Waals surface area (Å²) < 4.78 is 1.65. The van der Waals surface area contributed by atoms with E-state index < -0.39 is 0 Å². The second-order valence-electron chi connectivity index (χ2n) is 6.07. The maximum absolute atomic E-state index is 12.6. The highest BCUT2D eigenvalue weighted by molar-refractivity contribution is 5.88. The van der Waals surface area contributed by atoms with E-state index in [0.29, 0.717) is 24.0 Å². The van der Waals surface area contributed by atoms with Gasteiger partial charge in [0, 0.05) is 31.4 Å². The molecule has 2 aromatic heterocycles. The van der Waals surface area contributed by atoms with Gasteiger partial charge in [0.15, 0.2) is 11.6 Å². The van der Waals surface area contributed by atoms with Crippen molar-refractivity contribution in [1.29, 1.82) is 0 Å². The van der Waals surface area contributed by atoms with E-state index in [0.717, 1.165) is 18.4 Å². The van der Waals surface area contributed by atoms with Gasteiger partial charge in [0.1, 0.15) is 5.82 Å². The van der Waals surface area contributed by atoms with Crippen LogP contribution < -0.4 is 5.32 Å². The standard InChI is InChI=1S/C17H19N7O/c1-23-11-9-14(22-23)18-17(25)24-10-5-8-13(24)16-19-15(20-21-16)12-6-3-2-4-7-12/h2-4,6-7,9,11,13H,5,8,10H2,1H3,(H,18,22,25)(H,19,20,21)/t13-/m0/s1. The van der Waals surface area contributed by atoms with Crippen LogP contribution in [0.25, 0.3) is 11.4 Å². The lowest BCUT2D eigenvalue weighted by Crippen LogP contribution is -2.35. The van der Waals surface area contributed by atoms with E-state index in [2.05, 4.69) is 25.6 Å². The Bertz CT molecular complexity index is 870. The number of amides is 2. The molecule has 1 aliphatic rings. The van der Waals surface area contributed by atoms with E-state index in [9.17, 15) is 4.79 Å². The van der Waals surface area contributed by atoms with Crippen LogP contribution >= 0.6 is 0 Å². The molecule has 1 aromatic carbocycles. The summed E-state index contributed by atoms with van der Waals surface area (Å²) >= 11 is 0. The Labute approximate surface area is 144 Å². The summed E-state index contributed by atoms with van der Waals surface area (Å²) in [5, 5.41) is 14.3. The molecule has 3 heterocycles. The van der Waals surface area contributed by atoms with Gasteiger partial charge in [-0.1, -0.05) is 30.3 Å². The van der Waals surface area contributed by atoms with E-state index in [1.807, 2.05) is 37.4 Å². The van der Waals surface area contributed by atoms with Crippen molar-refractivity contribution in [3.8, 4) is 11.4 Å². The summed E-state index contributed by atoms with van der Waals surface area (Å²) in [4.78, 5) is 19.0. The number of carbonyl (C=O) groups is 1. The number of likely N-dealkylation sites (tertiary alicyclic amines) is 1. The Kier molecular flexibility index (Phi) is 3.93. The Balaban J connectivity index is 1.51. The first-order valence-electron chi connectivity index (χ1n) is 8.26. The molecule has 4 rings (SSSR count). The minimum absolute atomic E-state index is 0.103. The SMILES string of the molecule is Cn1ccc(NC(=O)N2CCC[C@H]2c2nc(-c3ccccc3)n[nH]2)n1. The molecule has 1 saturated heterocycles. The maximum Gasteiger partial charge on any atom is 0.323 e. The highest BCUT2D eigenvalue weighted by atomic mass is 16.2. The molecule has 3 aromatic rings. The molecule has 0 aliphatic carbocycles. The fourth-order valence-electron chi connectivity index (χ4n) is 3.10. The number of anilines is 1. The normalized spacial score (nSPS) is 17.0. The number of hydrogen-bond donors (Lipinski definition) is 2. The van der Waals surface area contributed by atoms with Crippen molar-refractivity contribution >= 4 is 11.8 Å². The summed E-state index contributed by atoms with van der Waals surface area (Å²) in [7, 11) is 1.81. The van der Waals surface area contributed by atoms with Crippen LogP contribution in [0.1, 0.15) is 24.7 Å². The van der Waals surface area contributed by atoms with Gasteiger partial charge in [0.05, 0.1) is 6.04 Å². The molecule has 1 fully saturated rings. The summed E-state index contributed by atoms with van der Waals surface area (Å²) in [6.45, 7) is 0.685. The van der Waals surface area contributed by atoms with Gasteiger partial charge in [-0.3, -0.25) is 15.1 Å². The third-order valence-electron chi connectivity index (χ3n) is 4.31. The number of nitrogens with zero attached hydrogens (tertiary/aromatic N) is 5. The highest BCUT2D eigenvalue weighted by Gasteiger charge is 2.32. The summed E-state index contributed by atoms with van der Waals surface area (Å²) in [6.07, 6.45) is 3.58. The van der Waals surface area contributed by atoms with Crippen LogP contribution in [0.15, 0.2) is 42.6 Å². The molecule has 2 amide bonds. The molecule has 128 valence electrons. The molecule has 8 nitrogen and oxygen atoms in total. The van der Waals surface area contributed by atoms with Crippen LogP contribution in [0.4, 0.5) is 10.6 Å². The number of aromatic amines is 1. The van der Waals surface area contributed by atoms with Gasteiger partial charge in [-0.05, 0) is 12.8 Å². The minimum Gasteiger partial charge on any atom is -0.314 e. The van der Waals surface area contributed by atoms with Crippen molar-refractivity contribution in [3.05, 3.63) is 48.4 Å². The second kappa shape index (κ2) is 6.39. The smallest absolute Gasteiger partial charge is 0.314 e. The number of aryl methyl sites for hydroxylation is 1. The fraction of sp³-hybridized carbons (Fsp3) is 0.294. The first kappa shape index (κ1) is 15.4. The molecule has 2 N–H and O–H groups in total. The number of urea groups is 1. The van der Waals surface area contributed by atoms with Crippen molar-refractivity contribution in [2.24, 2.45) is 7.05 Å². The van der Waals surface area contributed by atoms with Crippen molar-refractivity contribution in [3.63, 3.8) is 0 Å². The second-order valence-corrected chi connectivity index (χ2v) is 6.07. The molecule has 1 aliphatic heterocycles. The fourth-order valence-corrected chi connectivity index (χ4v) is 3.10. The van der Waals surface area contributed by atoms with Crippen LogP contribution in [0.3, 0.4) is 0 Å². The molecule has 0 bridgehead atoms. The molecule has 0 unspecified atom stereocenters. The van der Waals surface area contributed by atoms with E-state index in [1.165, 1.54) is 0 Å². The van der Waals surface area contributed by atoms with E-state index in [1.54, 1.807) is 21.8 Å². The zero-order valence-electron chi connectivity index (χ0n) is 13.9. The predicted molar refractivity (Wildman–Crippen MR) is 92.7 cm³/mol. The molecule has 25 heavy (non-hydrogen) atoms. The number of carbonyl (C=O) groups excluding carboxylic acids is 1. The average Bonchev–Trinajstić information content (AvgIpc) is 3.35. The van der Waals surface area contributed by atoms with Gasteiger partial charge in [-0.15, -0.1) is 0 Å². The average molecular weight is 337 g/mol. The van der Waals surface area contributed by atoms with Crippen LogP contribution in [-0.4, -0.2) is 42.4 Å². The molecule has 8 heteroatoms. The molecule has 1 atom stereocenters. The van der Waals surface area contributed by atoms with Gasteiger partial charge in [0.25, 0.3) is 0 Å². The molecule has 0 spiro atoms. The lowest BCUT2D eigenvalue weighted by molar-refractivity contribution is 0.205. The number of rotatable bonds is 3. The minimum atomic E-state index is -0.168. The molecule has 0 radical (unpaired) electrons. The third-order valence-corrected chi connectivity index (χ3v) is 4.31. The van der Waals surface area contributed by atoms with E-state index in [4.69, 9.17) is 0 Å². The van der Waals surface area contributed by atoms with Crippen LogP contribution in [0.5, 0.6) is 0 Å². The number of hydrogen-bond acceptors (Lipinski definition) is 4. The van der Waals surface area contributed by atoms with E-state index >= 15 is 0 Å². The highest BCUT2D eigenvalue weighted by Crippen LogP contribution is 2.31. The van der Waals surface area contributed by atoms with Gasteiger partial charge in [0.2, 0.25) is 0 Å². The Morgan fingerprint density at radius 2 is 2.12 bits per heavy atom. The zero-order valence-corrected chi connectivity index (χ0v) is 13.9. The Morgan fingerprint density at radius 1 is 1.28 bits per heavy atom. The summed E-state index contributed by atoms with van der Waals surface area (Å²) in [5.41, 5.74) is 0.951. The topological polar surface area (TPSA) is 91.7 Å². The predicted octanol–water partition coefficient (Wildman–Crippen LogP) is 2.57. The van der Waals surface area contributed by atoms with Crippen LogP contribution in [0.2, 0.25) is 0 Å². The van der Waals surface area contributed by atoms with Crippen LogP contribution in [-0.2, 0) is 7.05 Å². The Hall–Kier alpha value is -3.16. The summed E-state index contributed by atoms with van der Waals surface area (Å²) in [6, 6.07) is 11.3. The number of aromatic nitrogens is 5.